The highest BCUT2D eigenvalue weighted by Gasteiger charge is 2.31. The van der Waals surface area contributed by atoms with Gasteiger partial charge in [0.05, 0.1) is 18.8 Å². The first-order chi connectivity index (χ1) is 11.8. The standard InChI is InChI=1S/C16H14ClN5O2/c17-11-5-3-9(4-6-11)13-7-22-12(8-23-13)14(19-21-22)16-18-15(20-24-16)10-1-2-10/h3-6,10,13H,1-2,7-8H2/t13-/m0/s1. The van der Waals surface area contributed by atoms with Gasteiger partial charge in [0.25, 0.3) is 5.89 Å². The maximum Gasteiger partial charge on any atom is 0.280 e. The monoisotopic (exact) mass is 343 g/mol. The fourth-order valence-corrected chi connectivity index (χ4v) is 3.02. The molecule has 24 heavy (non-hydrogen) atoms. The van der Waals surface area contributed by atoms with Gasteiger partial charge in [-0.25, -0.2) is 4.68 Å². The van der Waals surface area contributed by atoms with Crippen LogP contribution in [0.1, 0.15) is 41.9 Å². The van der Waals surface area contributed by atoms with E-state index in [-0.39, 0.29) is 6.10 Å². The molecule has 0 saturated heterocycles. The van der Waals surface area contributed by atoms with Crippen molar-refractivity contribution in [1.29, 1.82) is 0 Å². The molecule has 1 aromatic carbocycles. The zero-order valence-electron chi connectivity index (χ0n) is 12.7. The van der Waals surface area contributed by atoms with E-state index in [0.717, 1.165) is 29.9 Å². The van der Waals surface area contributed by atoms with Gasteiger partial charge in [-0.1, -0.05) is 34.1 Å². The van der Waals surface area contributed by atoms with Crippen LogP contribution in [0.3, 0.4) is 0 Å². The Bertz CT molecular complexity index is 884. The summed E-state index contributed by atoms with van der Waals surface area (Å²) in [5.41, 5.74) is 2.55. The normalized spacial score (nSPS) is 20.1. The van der Waals surface area contributed by atoms with Crippen LogP contribution in [0.25, 0.3) is 11.6 Å². The van der Waals surface area contributed by atoms with Crippen LogP contribution in [0.4, 0.5) is 0 Å². The number of hydrogen-bond acceptors (Lipinski definition) is 6. The van der Waals surface area contributed by atoms with Crippen LogP contribution in [0, 0.1) is 0 Å². The molecule has 0 amide bonds. The number of rotatable bonds is 3. The minimum Gasteiger partial charge on any atom is -0.365 e. The van der Waals surface area contributed by atoms with Crippen LogP contribution in [0.15, 0.2) is 28.8 Å². The lowest BCUT2D eigenvalue weighted by molar-refractivity contribution is -0.00117. The number of halogens is 1. The molecule has 1 saturated carbocycles. The number of hydrogen-bond donors (Lipinski definition) is 0. The molecular weight excluding hydrogens is 330 g/mol. The summed E-state index contributed by atoms with van der Waals surface area (Å²) >= 11 is 5.94. The average Bonchev–Trinajstić information content (AvgIpc) is 3.19. The Labute approximate surface area is 142 Å². The number of benzene rings is 1. The molecule has 1 aliphatic carbocycles. The van der Waals surface area contributed by atoms with Crippen molar-refractivity contribution in [2.75, 3.05) is 0 Å². The molecule has 1 atom stereocenters. The van der Waals surface area contributed by atoms with E-state index in [9.17, 15) is 0 Å². The zero-order chi connectivity index (χ0) is 16.1. The number of fused-ring (bicyclic) bond motifs is 1. The Morgan fingerprint density at radius 1 is 1.17 bits per heavy atom. The van der Waals surface area contributed by atoms with Crippen molar-refractivity contribution in [2.24, 2.45) is 0 Å². The summed E-state index contributed by atoms with van der Waals surface area (Å²) in [5, 5.41) is 13.2. The van der Waals surface area contributed by atoms with Gasteiger partial charge in [-0.05, 0) is 30.5 Å². The van der Waals surface area contributed by atoms with E-state index in [4.69, 9.17) is 20.9 Å². The SMILES string of the molecule is Clc1ccc([C@@H]2Cn3nnc(-c4nc(C5CC5)no4)c3CO2)cc1. The van der Waals surface area contributed by atoms with Crippen molar-refractivity contribution >= 4 is 11.6 Å². The van der Waals surface area contributed by atoms with Crippen LogP contribution in [0.2, 0.25) is 5.02 Å². The molecular formula is C16H14ClN5O2. The molecule has 0 unspecified atom stereocenters. The first-order valence-corrected chi connectivity index (χ1v) is 8.29. The predicted molar refractivity (Wildman–Crippen MR) is 84.3 cm³/mol. The van der Waals surface area contributed by atoms with E-state index in [0.29, 0.717) is 35.7 Å². The van der Waals surface area contributed by atoms with Crippen LogP contribution >= 0.6 is 11.6 Å². The highest BCUT2D eigenvalue weighted by atomic mass is 35.5. The summed E-state index contributed by atoms with van der Waals surface area (Å²) in [6, 6.07) is 7.66. The Morgan fingerprint density at radius 3 is 2.79 bits per heavy atom. The van der Waals surface area contributed by atoms with Gasteiger partial charge < -0.3 is 9.26 Å². The molecule has 8 heteroatoms. The van der Waals surface area contributed by atoms with Crippen LogP contribution < -0.4 is 0 Å². The number of ether oxygens (including phenoxy) is 1. The summed E-state index contributed by atoms with van der Waals surface area (Å²) in [4.78, 5) is 4.45. The van der Waals surface area contributed by atoms with Gasteiger partial charge in [0.15, 0.2) is 11.5 Å². The van der Waals surface area contributed by atoms with Crippen molar-refractivity contribution < 1.29 is 9.26 Å². The first kappa shape index (κ1) is 14.1. The first-order valence-electron chi connectivity index (χ1n) is 7.91. The van der Waals surface area contributed by atoms with E-state index in [1.54, 1.807) is 0 Å². The van der Waals surface area contributed by atoms with Crippen LogP contribution in [0.5, 0.6) is 0 Å². The maximum atomic E-state index is 5.98. The van der Waals surface area contributed by atoms with Gasteiger partial charge in [0, 0.05) is 10.9 Å². The minimum atomic E-state index is -0.0750. The number of nitrogens with zero attached hydrogens (tertiary/aromatic N) is 5. The predicted octanol–water partition coefficient (Wildman–Crippen LogP) is 3.13. The summed E-state index contributed by atoms with van der Waals surface area (Å²) in [5.74, 6) is 1.63. The lowest BCUT2D eigenvalue weighted by atomic mass is 10.1. The second kappa shape index (κ2) is 5.39. The molecule has 3 heterocycles. The third-order valence-corrected chi connectivity index (χ3v) is 4.68. The third-order valence-electron chi connectivity index (χ3n) is 4.43. The Hall–Kier alpha value is -2.25. The molecule has 5 rings (SSSR count). The maximum absolute atomic E-state index is 5.98. The second-order valence-corrected chi connectivity index (χ2v) is 6.59. The molecule has 2 aliphatic rings. The van der Waals surface area contributed by atoms with Gasteiger partial charge in [-0.2, -0.15) is 4.98 Å². The van der Waals surface area contributed by atoms with Gasteiger partial charge >= 0.3 is 0 Å². The highest BCUT2D eigenvalue weighted by molar-refractivity contribution is 6.30. The van der Waals surface area contributed by atoms with Gasteiger partial charge in [0.2, 0.25) is 0 Å². The fourth-order valence-electron chi connectivity index (χ4n) is 2.90. The second-order valence-electron chi connectivity index (χ2n) is 6.15. The lowest BCUT2D eigenvalue weighted by Crippen LogP contribution is -2.22. The van der Waals surface area contributed by atoms with Crippen molar-refractivity contribution in [2.45, 2.75) is 38.0 Å². The molecule has 0 radical (unpaired) electrons. The quantitative estimate of drug-likeness (QED) is 0.727. The molecule has 2 aromatic heterocycles. The lowest BCUT2D eigenvalue weighted by Gasteiger charge is -2.24. The molecule has 0 N–H and O–H groups in total. The molecule has 0 bridgehead atoms. The Balaban J connectivity index is 1.41. The summed E-state index contributed by atoms with van der Waals surface area (Å²) in [7, 11) is 0. The van der Waals surface area contributed by atoms with Crippen molar-refractivity contribution in [1.82, 2.24) is 25.1 Å². The topological polar surface area (TPSA) is 78.9 Å². The van der Waals surface area contributed by atoms with E-state index in [1.807, 2.05) is 28.9 Å². The molecule has 3 aromatic rings. The molecule has 1 aliphatic heterocycles. The molecule has 122 valence electrons. The van der Waals surface area contributed by atoms with Crippen LogP contribution in [-0.4, -0.2) is 25.1 Å². The third kappa shape index (κ3) is 2.40. The molecule has 0 spiro atoms. The molecule has 7 nitrogen and oxygen atoms in total. The zero-order valence-corrected chi connectivity index (χ0v) is 13.5. The molecule has 1 fully saturated rings. The van der Waals surface area contributed by atoms with Crippen molar-refractivity contribution in [3.05, 3.63) is 46.4 Å². The van der Waals surface area contributed by atoms with Gasteiger partial charge in [0.1, 0.15) is 6.10 Å². The summed E-state index contributed by atoms with van der Waals surface area (Å²) in [6.07, 6.45) is 2.18. The Kier molecular flexibility index (Phi) is 3.17. The largest absolute Gasteiger partial charge is 0.365 e. The highest BCUT2D eigenvalue weighted by Crippen LogP contribution is 2.39. The van der Waals surface area contributed by atoms with Crippen LogP contribution in [-0.2, 0) is 17.9 Å². The van der Waals surface area contributed by atoms with Gasteiger partial charge in [-0.3, -0.25) is 0 Å². The summed E-state index contributed by atoms with van der Waals surface area (Å²) < 4.78 is 13.2. The van der Waals surface area contributed by atoms with Crippen molar-refractivity contribution in [3.8, 4) is 11.6 Å². The Morgan fingerprint density at radius 2 is 2.00 bits per heavy atom. The van der Waals surface area contributed by atoms with E-state index < -0.39 is 0 Å². The van der Waals surface area contributed by atoms with Gasteiger partial charge in [-0.15, -0.1) is 5.10 Å². The van der Waals surface area contributed by atoms with E-state index in [2.05, 4.69) is 20.5 Å². The summed E-state index contributed by atoms with van der Waals surface area (Å²) in [6.45, 7) is 0.990. The van der Waals surface area contributed by atoms with E-state index in [1.165, 1.54) is 0 Å². The number of aromatic nitrogens is 5. The smallest absolute Gasteiger partial charge is 0.280 e. The average molecular weight is 344 g/mol. The van der Waals surface area contributed by atoms with Crippen molar-refractivity contribution in [3.63, 3.8) is 0 Å². The van der Waals surface area contributed by atoms with E-state index >= 15 is 0 Å². The fraction of sp³-hybridized carbons (Fsp3) is 0.375. The minimum absolute atomic E-state index is 0.0750.